The number of hydrogen-bond donors (Lipinski definition) is 3. The van der Waals surface area contributed by atoms with Gasteiger partial charge in [-0.2, -0.15) is 0 Å². The summed E-state index contributed by atoms with van der Waals surface area (Å²) in [5.41, 5.74) is -0.879. The second-order valence-electron chi connectivity index (χ2n) is 4.02. The molecule has 0 aliphatic rings. The monoisotopic (exact) mass is 305 g/mol. The van der Waals surface area contributed by atoms with Gasteiger partial charge in [0.05, 0.1) is 5.56 Å². The molecule has 0 radical (unpaired) electrons. The Labute approximate surface area is 116 Å². The highest BCUT2D eigenvalue weighted by Crippen LogP contribution is 2.15. The van der Waals surface area contributed by atoms with E-state index in [1.165, 1.54) is 0 Å². The molecule has 1 amide bonds. The van der Waals surface area contributed by atoms with E-state index < -0.39 is 59.7 Å². The van der Waals surface area contributed by atoms with E-state index in [0.29, 0.717) is 12.1 Å². The maximum absolute atomic E-state index is 13.4. The highest BCUT2D eigenvalue weighted by Gasteiger charge is 2.25. The van der Waals surface area contributed by atoms with E-state index >= 15 is 0 Å². The molecule has 3 N–H and O–H groups in total. The first-order valence-corrected chi connectivity index (χ1v) is 5.63. The van der Waals surface area contributed by atoms with E-state index in [-0.39, 0.29) is 0 Å². The Morgan fingerprint density at radius 1 is 1.10 bits per heavy atom. The van der Waals surface area contributed by atoms with Gasteiger partial charge in [-0.25, -0.2) is 18.0 Å². The van der Waals surface area contributed by atoms with Crippen LogP contribution < -0.4 is 5.32 Å². The first kappa shape index (κ1) is 16.5. The van der Waals surface area contributed by atoms with Gasteiger partial charge in [0.1, 0.15) is 6.04 Å². The van der Waals surface area contributed by atoms with Crippen molar-refractivity contribution in [1.29, 1.82) is 0 Å². The summed E-state index contributed by atoms with van der Waals surface area (Å²) in [7, 11) is 0. The minimum absolute atomic E-state index is 0.443. The lowest BCUT2D eigenvalue weighted by atomic mass is 10.1. The predicted octanol–water partition coefficient (Wildman–Crippen LogP) is 1.15. The number of carbonyl (C=O) groups is 3. The van der Waals surface area contributed by atoms with Gasteiger partial charge in [-0.15, -0.1) is 0 Å². The molecular formula is C12H10F3NO5. The molecular weight excluding hydrogens is 295 g/mol. The van der Waals surface area contributed by atoms with Crippen LogP contribution in [-0.4, -0.2) is 34.1 Å². The summed E-state index contributed by atoms with van der Waals surface area (Å²) in [6.07, 6.45) is -0.987. The Morgan fingerprint density at radius 3 is 2.24 bits per heavy atom. The smallest absolute Gasteiger partial charge is 0.326 e. The van der Waals surface area contributed by atoms with Crippen molar-refractivity contribution in [3.8, 4) is 0 Å². The van der Waals surface area contributed by atoms with Gasteiger partial charge in [0.15, 0.2) is 17.5 Å². The normalized spacial score (nSPS) is 11.8. The molecule has 0 saturated carbocycles. The average molecular weight is 305 g/mol. The van der Waals surface area contributed by atoms with Gasteiger partial charge < -0.3 is 15.5 Å². The van der Waals surface area contributed by atoms with Crippen LogP contribution in [0.15, 0.2) is 12.1 Å². The number of carboxylic acid groups (broad SMARTS) is 2. The van der Waals surface area contributed by atoms with Crippen molar-refractivity contribution in [3.63, 3.8) is 0 Å². The van der Waals surface area contributed by atoms with Crippen molar-refractivity contribution in [2.45, 2.75) is 18.9 Å². The van der Waals surface area contributed by atoms with Crippen LogP contribution in [0.25, 0.3) is 0 Å². The predicted molar refractivity (Wildman–Crippen MR) is 62.1 cm³/mol. The van der Waals surface area contributed by atoms with Crippen LogP contribution in [0.5, 0.6) is 0 Å². The lowest BCUT2D eigenvalue weighted by Crippen LogP contribution is -2.41. The quantitative estimate of drug-likeness (QED) is 0.684. The molecule has 1 rings (SSSR count). The zero-order chi connectivity index (χ0) is 16.2. The molecule has 1 unspecified atom stereocenters. The van der Waals surface area contributed by atoms with Crippen LogP contribution in [0.2, 0.25) is 0 Å². The SMILES string of the molecule is O=C(O)CCC(NC(=O)c1ccc(F)c(F)c1F)C(=O)O. The first-order valence-electron chi connectivity index (χ1n) is 5.63. The molecule has 0 heterocycles. The largest absolute Gasteiger partial charge is 0.481 e. The minimum atomic E-state index is -1.86. The van der Waals surface area contributed by atoms with E-state index in [1.807, 2.05) is 5.32 Å². The van der Waals surface area contributed by atoms with Crippen molar-refractivity contribution in [2.75, 3.05) is 0 Å². The summed E-state index contributed by atoms with van der Waals surface area (Å²) < 4.78 is 39.1. The zero-order valence-corrected chi connectivity index (χ0v) is 10.4. The van der Waals surface area contributed by atoms with Crippen LogP contribution in [0.4, 0.5) is 13.2 Å². The van der Waals surface area contributed by atoms with Crippen molar-refractivity contribution < 1.29 is 37.8 Å². The fourth-order valence-electron chi connectivity index (χ4n) is 1.46. The third-order valence-electron chi connectivity index (χ3n) is 2.53. The van der Waals surface area contributed by atoms with Gasteiger partial charge in [0, 0.05) is 6.42 Å². The second kappa shape index (κ2) is 6.73. The lowest BCUT2D eigenvalue weighted by molar-refractivity contribution is -0.140. The number of halogens is 3. The molecule has 0 saturated heterocycles. The summed E-state index contributed by atoms with van der Waals surface area (Å²) in [6, 6.07) is -0.430. The number of hydrogen-bond acceptors (Lipinski definition) is 3. The van der Waals surface area contributed by atoms with Gasteiger partial charge >= 0.3 is 11.9 Å². The van der Waals surface area contributed by atoms with Crippen LogP contribution in [0.1, 0.15) is 23.2 Å². The van der Waals surface area contributed by atoms with Crippen molar-refractivity contribution in [3.05, 3.63) is 35.1 Å². The van der Waals surface area contributed by atoms with E-state index in [1.54, 1.807) is 0 Å². The molecule has 0 bridgehead atoms. The maximum Gasteiger partial charge on any atom is 0.326 e. The highest BCUT2D eigenvalue weighted by molar-refractivity contribution is 5.96. The second-order valence-corrected chi connectivity index (χ2v) is 4.02. The Kier molecular flexibility index (Phi) is 5.28. The molecule has 114 valence electrons. The van der Waals surface area contributed by atoms with Crippen LogP contribution in [-0.2, 0) is 9.59 Å². The van der Waals surface area contributed by atoms with Crippen molar-refractivity contribution in [1.82, 2.24) is 5.32 Å². The lowest BCUT2D eigenvalue weighted by Gasteiger charge is -2.14. The third-order valence-corrected chi connectivity index (χ3v) is 2.53. The fourth-order valence-corrected chi connectivity index (χ4v) is 1.46. The first-order chi connectivity index (χ1) is 9.73. The van der Waals surface area contributed by atoms with E-state index in [0.717, 1.165) is 0 Å². The molecule has 0 aliphatic carbocycles. The minimum Gasteiger partial charge on any atom is -0.481 e. The van der Waals surface area contributed by atoms with Crippen LogP contribution >= 0.6 is 0 Å². The van der Waals surface area contributed by atoms with Gasteiger partial charge in [0.2, 0.25) is 0 Å². The maximum atomic E-state index is 13.4. The topological polar surface area (TPSA) is 104 Å². The molecule has 0 aromatic heterocycles. The van der Waals surface area contributed by atoms with Crippen molar-refractivity contribution >= 4 is 17.8 Å². The summed E-state index contributed by atoms with van der Waals surface area (Å²) in [4.78, 5) is 32.8. The average Bonchev–Trinajstić information content (AvgIpc) is 2.40. The van der Waals surface area contributed by atoms with Gasteiger partial charge in [0.25, 0.3) is 5.91 Å². The zero-order valence-electron chi connectivity index (χ0n) is 10.4. The Hall–Kier alpha value is -2.58. The van der Waals surface area contributed by atoms with E-state index in [4.69, 9.17) is 10.2 Å². The molecule has 1 aromatic carbocycles. The molecule has 1 aromatic rings. The van der Waals surface area contributed by atoms with Crippen LogP contribution in [0, 0.1) is 17.5 Å². The molecule has 0 spiro atoms. The van der Waals surface area contributed by atoms with Gasteiger partial charge in [-0.3, -0.25) is 9.59 Å². The Morgan fingerprint density at radius 2 is 1.71 bits per heavy atom. The number of rotatable bonds is 6. The number of benzene rings is 1. The summed E-state index contributed by atoms with van der Waals surface area (Å²) in [5.74, 6) is -9.22. The van der Waals surface area contributed by atoms with Crippen molar-refractivity contribution in [2.24, 2.45) is 0 Å². The standard InChI is InChI=1S/C12H10F3NO5/c13-6-2-1-5(9(14)10(6)15)11(19)16-7(12(20)21)3-4-8(17)18/h1-2,7H,3-4H2,(H,16,19)(H,17,18)(H,20,21). The molecule has 21 heavy (non-hydrogen) atoms. The number of amides is 1. The number of carboxylic acids is 2. The van der Waals surface area contributed by atoms with E-state index in [9.17, 15) is 27.6 Å². The highest BCUT2D eigenvalue weighted by atomic mass is 19.2. The summed E-state index contributed by atoms with van der Waals surface area (Å²) in [6.45, 7) is 0. The third kappa shape index (κ3) is 4.20. The number of aliphatic carboxylic acids is 2. The number of carbonyl (C=O) groups excluding carboxylic acids is 1. The van der Waals surface area contributed by atoms with Gasteiger partial charge in [-0.1, -0.05) is 0 Å². The van der Waals surface area contributed by atoms with Crippen LogP contribution in [0.3, 0.4) is 0 Å². The Balaban J connectivity index is 2.90. The molecule has 0 fully saturated rings. The summed E-state index contributed by atoms with van der Waals surface area (Å²) in [5, 5.41) is 19.1. The molecule has 0 aliphatic heterocycles. The molecule has 1 atom stereocenters. The van der Waals surface area contributed by atoms with E-state index in [2.05, 4.69) is 0 Å². The van der Waals surface area contributed by atoms with Gasteiger partial charge in [-0.05, 0) is 18.6 Å². The Bertz CT molecular complexity index is 591. The number of nitrogens with one attached hydrogen (secondary N) is 1. The molecule has 6 nitrogen and oxygen atoms in total. The fraction of sp³-hybridized carbons (Fsp3) is 0.250. The summed E-state index contributed by atoms with van der Waals surface area (Å²) >= 11 is 0. The molecule has 9 heteroatoms.